The number of nitrogens with one attached hydrogen (secondary N) is 1. The van der Waals surface area contributed by atoms with Crippen molar-refractivity contribution in [3.63, 3.8) is 0 Å². The summed E-state index contributed by atoms with van der Waals surface area (Å²) in [6, 6.07) is 6.56. The van der Waals surface area contributed by atoms with Gasteiger partial charge in [0.25, 0.3) is 5.91 Å². The fraction of sp³-hybridized carbons (Fsp3) is 0.429. The van der Waals surface area contributed by atoms with Crippen LogP contribution in [0.3, 0.4) is 0 Å². The fourth-order valence-electron chi connectivity index (χ4n) is 1.37. The van der Waals surface area contributed by atoms with Gasteiger partial charge in [0.2, 0.25) is 0 Å². The second-order valence-electron chi connectivity index (χ2n) is 4.61. The zero-order valence-electron chi connectivity index (χ0n) is 11.1. The number of benzene rings is 1. The Balaban J connectivity index is 2.46. The van der Waals surface area contributed by atoms with Gasteiger partial charge in [0.1, 0.15) is 5.75 Å². The number of ether oxygens (including phenoxy) is 1. The topological polar surface area (TPSA) is 78.5 Å². The van der Waals surface area contributed by atoms with Crippen molar-refractivity contribution in [2.24, 2.45) is 5.92 Å². The molecule has 0 atom stereocenters. The molecule has 0 aliphatic heterocycles. The van der Waals surface area contributed by atoms with E-state index in [4.69, 9.17) is 4.74 Å². The van der Waals surface area contributed by atoms with Crippen LogP contribution < -0.4 is 15.2 Å². The largest absolute Gasteiger partial charge is 0.548 e. The summed E-state index contributed by atoms with van der Waals surface area (Å²) in [5, 5.41) is 12.5. The summed E-state index contributed by atoms with van der Waals surface area (Å²) in [7, 11) is 0. The highest BCUT2D eigenvalue weighted by atomic mass is 16.5. The Morgan fingerprint density at radius 2 is 1.89 bits per heavy atom. The smallest absolute Gasteiger partial charge is 0.251 e. The number of amides is 1. The Morgan fingerprint density at radius 3 is 2.42 bits per heavy atom. The summed E-state index contributed by atoms with van der Waals surface area (Å²) >= 11 is 0. The van der Waals surface area contributed by atoms with Crippen molar-refractivity contribution in [3.8, 4) is 5.75 Å². The van der Waals surface area contributed by atoms with Crippen LogP contribution in [0.2, 0.25) is 0 Å². The first-order chi connectivity index (χ1) is 8.99. The Kier molecular flexibility index (Phi) is 5.85. The van der Waals surface area contributed by atoms with E-state index in [2.05, 4.69) is 19.2 Å². The molecule has 0 radical (unpaired) electrons. The van der Waals surface area contributed by atoms with E-state index in [-0.39, 0.29) is 0 Å². The van der Waals surface area contributed by atoms with Crippen LogP contribution in [0.15, 0.2) is 24.3 Å². The lowest BCUT2D eigenvalue weighted by Crippen LogP contribution is -2.37. The lowest BCUT2D eigenvalue weighted by molar-refractivity contribution is -0.303. The monoisotopic (exact) mass is 264 g/mol. The van der Waals surface area contributed by atoms with Crippen molar-refractivity contribution in [2.75, 3.05) is 13.2 Å². The molecular formula is C14H18NO4-. The summed E-state index contributed by atoms with van der Waals surface area (Å²) in [5.74, 6) is -0.494. The van der Waals surface area contributed by atoms with E-state index < -0.39 is 18.4 Å². The van der Waals surface area contributed by atoms with Gasteiger partial charge in [-0.05, 0) is 36.6 Å². The minimum absolute atomic E-state index is 0.387. The standard InChI is InChI=1S/C14H19NO4/c1-10(2)7-8-19-12-5-3-11(4-6-12)14(18)15-9-13(16)17/h3-6,10H,7-9H2,1-2H3,(H,15,18)(H,16,17)/p-1. The van der Waals surface area contributed by atoms with Crippen molar-refractivity contribution < 1.29 is 19.4 Å². The van der Waals surface area contributed by atoms with E-state index in [9.17, 15) is 14.7 Å². The Bertz CT molecular complexity index is 426. The summed E-state index contributed by atoms with van der Waals surface area (Å²) in [4.78, 5) is 21.7. The molecule has 0 bridgehead atoms. The number of aliphatic carboxylic acids is 1. The lowest BCUT2D eigenvalue weighted by atomic mass is 10.1. The van der Waals surface area contributed by atoms with Gasteiger partial charge in [-0.15, -0.1) is 0 Å². The van der Waals surface area contributed by atoms with Crippen LogP contribution in [0.25, 0.3) is 0 Å². The molecule has 0 unspecified atom stereocenters. The third kappa shape index (κ3) is 5.90. The predicted molar refractivity (Wildman–Crippen MR) is 68.7 cm³/mol. The molecule has 0 aliphatic carbocycles. The molecule has 0 fully saturated rings. The van der Waals surface area contributed by atoms with E-state index in [1.165, 1.54) is 0 Å². The summed E-state index contributed by atoms with van der Waals surface area (Å²) in [5.41, 5.74) is 0.387. The van der Waals surface area contributed by atoms with E-state index in [0.29, 0.717) is 23.8 Å². The first-order valence-corrected chi connectivity index (χ1v) is 6.20. The maximum Gasteiger partial charge on any atom is 0.251 e. The average molecular weight is 264 g/mol. The van der Waals surface area contributed by atoms with Crippen LogP contribution in [0.4, 0.5) is 0 Å². The van der Waals surface area contributed by atoms with Gasteiger partial charge in [-0.25, -0.2) is 0 Å². The number of carboxylic acids is 1. The molecule has 0 saturated carbocycles. The molecule has 5 nitrogen and oxygen atoms in total. The van der Waals surface area contributed by atoms with Crippen LogP contribution in [0, 0.1) is 5.92 Å². The van der Waals surface area contributed by atoms with Crippen LogP contribution in [0.1, 0.15) is 30.6 Å². The number of rotatable bonds is 7. The predicted octanol–water partition coefficient (Wildman–Crippen LogP) is 0.591. The maximum absolute atomic E-state index is 11.5. The van der Waals surface area contributed by atoms with Gasteiger partial charge in [0.15, 0.2) is 0 Å². The molecule has 0 aromatic heterocycles. The molecular weight excluding hydrogens is 246 g/mol. The summed E-state index contributed by atoms with van der Waals surface area (Å²) in [6.45, 7) is 4.38. The fourth-order valence-corrected chi connectivity index (χ4v) is 1.37. The maximum atomic E-state index is 11.5. The first-order valence-electron chi connectivity index (χ1n) is 6.20. The molecule has 0 spiro atoms. The summed E-state index contributed by atoms with van der Waals surface area (Å²) in [6.07, 6.45) is 0.966. The van der Waals surface area contributed by atoms with Gasteiger partial charge in [-0.3, -0.25) is 4.79 Å². The van der Waals surface area contributed by atoms with Gasteiger partial charge < -0.3 is 20.0 Å². The van der Waals surface area contributed by atoms with Crippen molar-refractivity contribution >= 4 is 11.9 Å². The molecule has 19 heavy (non-hydrogen) atoms. The SMILES string of the molecule is CC(C)CCOc1ccc(C(=O)NCC(=O)[O-])cc1. The highest BCUT2D eigenvalue weighted by molar-refractivity contribution is 5.95. The molecule has 104 valence electrons. The van der Waals surface area contributed by atoms with Gasteiger partial charge in [0.05, 0.1) is 19.1 Å². The number of carbonyl (C=O) groups is 2. The van der Waals surface area contributed by atoms with Gasteiger partial charge in [0, 0.05) is 5.56 Å². The molecule has 0 aliphatic rings. The van der Waals surface area contributed by atoms with Crippen LogP contribution in [-0.2, 0) is 4.79 Å². The lowest BCUT2D eigenvalue weighted by Gasteiger charge is -2.09. The number of carboxylic acid groups (broad SMARTS) is 1. The second-order valence-corrected chi connectivity index (χ2v) is 4.61. The van der Waals surface area contributed by atoms with E-state index in [1.807, 2.05) is 0 Å². The molecule has 0 heterocycles. The van der Waals surface area contributed by atoms with Crippen molar-refractivity contribution in [2.45, 2.75) is 20.3 Å². The molecule has 1 aromatic carbocycles. The number of carbonyl (C=O) groups excluding carboxylic acids is 2. The van der Waals surface area contributed by atoms with Crippen molar-refractivity contribution in [1.82, 2.24) is 5.32 Å². The summed E-state index contributed by atoms with van der Waals surface area (Å²) < 4.78 is 5.51. The highest BCUT2D eigenvalue weighted by Gasteiger charge is 2.05. The van der Waals surface area contributed by atoms with Crippen LogP contribution in [0.5, 0.6) is 5.75 Å². The molecule has 1 aromatic rings. The normalized spacial score (nSPS) is 10.3. The second kappa shape index (κ2) is 7.41. The molecule has 1 rings (SSSR count). The third-order valence-corrected chi connectivity index (χ3v) is 2.47. The minimum Gasteiger partial charge on any atom is -0.548 e. The Morgan fingerprint density at radius 1 is 1.26 bits per heavy atom. The molecule has 5 heteroatoms. The zero-order chi connectivity index (χ0) is 14.3. The number of hydrogen-bond acceptors (Lipinski definition) is 4. The van der Waals surface area contributed by atoms with Crippen molar-refractivity contribution in [3.05, 3.63) is 29.8 Å². The quantitative estimate of drug-likeness (QED) is 0.782. The van der Waals surface area contributed by atoms with Gasteiger partial charge >= 0.3 is 0 Å². The van der Waals surface area contributed by atoms with E-state index in [0.717, 1.165) is 6.42 Å². The molecule has 1 amide bonds. The molecule has 0 saturated heterocycles. The van der Waals surface area contributed by atoms with Crippen molar-refractivity contribution in [1.29, 1.82) is 0 Å². The third-order valence-electron chi connectivity index (χ3n) is 2.47. The average Bonchev–Trinajstić information content (AvgIpc) is 2.36. The van der Waals surface area contributed by atoms with Crippen LogP contribution >= 0.6 is 0 Å². The minimum atomic E-state index is -1.32. The Labute approximate surface area is 112 Å². The van der Waals surface area contributed by atoms with Gasteiger partial charge in [-0.2, -0.15) is 0 Å². The number of hydrogen-bond donors (Lipinski definition) is 1. The molecule has 1 N–H and O–H groups in total. The Hall–Kier alpha value is -2.04. The highest BCUT2D eigenvalue weighted by Crippen LogP contribution is 2.13. The first kappa shape index (κ1) is 15.0. The van der Waals surface area contributed by atoms with E-state index >= 15 is 0 Å². The van der Waals surface area contributed by atoms with E-state index in [1.54, 1.807) is 24.3 Å². The van der Waals surface area contributed by atoms with Gasteiger partial charge in [-0.1, -0.05) is 13.8 Å². The zero-order valence-corrected chi connectivity index (χ0v) is 11.1. The van der Waals surface area contributed by atoms with Crippen LogP contribution in [-0.4, -0.2) is 25.0 Å².